The lowest BCUT2D eigenvalue weighted by Crippen LogP contribution is -2.40. The van der Waals surface area contributed by atoms with Crippen LogP contribution in [-0.4, -0.2) is 19.6 Å². The van der Waals surface area contributed by atoms with Gasteiger partial charge in [0.2, 0.25) is 0 Å². The number of hydrogen-bond donors (Lipinski definition) is 0. The lowest BCUT2D eigenvalue weighted by Gasteiger charge is -2.21. The standard InChI is InChI=1S/C16H14F3O6PS/c17-15(18,19)27(21,22)25-16(26-20,23-11-13-7-3-1-4-8-13)24-12-14-9-5-2-6-10-14/h1-10H,11-12H2/p+1. The summed E-state index contributed by atoms with van der Waals surface area (Å²) >= 11 is 0. The molecule has 0 aliphatic rings. The first-order valence-electron chi connectivity index (χ1n) is 7.44. The van der Waals surface area contributed by atoms with E-state index < -0.39 is 43.0 Å². The van der Waals surface area contributed by atoms with Crippen molar-refractivity contribution in [2.75, 3.05) is 0 Å². The first-order valence-corrected chi connectivity index (χ1v) is 9.76. The van der Waals surface area contributed by atoms with Crippen molar-refractivity contribution in [3.63, 3.8) is 0 Å². The molecule has 0 bridgehead atoms. The van der Waals surface area contributed by atoms with E-state index in [1.54, 1.807) is 60.7 Å². The summed E-state index contributed by atoms with van der Waals surface area (Å²) in [5.41, 5.74) is -7.71. The van der Waals surface area contributed by atoms with E-state index in [4.69, 9.17) is 9.47 Å². The van der Waals surface area contributed by atoms with Crippen molar-refractivity contribution in [3.05, 3.63) is 71.8 Å². The third-order valence-corrected chi connectivity index (χ3v) is 4.97. The molecular formula is C16H15F3O6PS+. The highest BCUT2D eigenvalue weighted by Crippen LogP contribution is 2.37. The number of rotatable bonds is 9. The Morgan fingerprint density at radius 2 is 1.22 bits per heavy atom. The number of ether oxygens (including phenoxy) is 2. The van der Waals surface area contributed by atoms with Gasteiger partial charge in [-0.3, -0.25) is 9.47 Å². The summed E-state index contributed by atoms with van der Waals surface area (Å²) in [7, 11) is -7.94. The number of benzene rings is 2. The minimum Gasteiger partial charge on any atom is -0.280 e. The zero-order valence-electron chi connectivity index (χ0n) is 13.7. The molecule has 0 aliphatic carbocycles. The predicted molar refractivity (Wildman–Crippen MR) is 90.3 cm³/mol. The van der Waals surface area contributed by atoms with E-state index >= 15 is 0 Å². The zero-order valence-corrected chi connectivity index (χ0v) is 15.5. The van der Waals surface area contributed by atoms with Gasteiger partial charge in [0.15, 0.2) is 0 Å². The van der Waals surface area contributed by atoms with Crippen LogP contribution in [0.25, 0.3) is 0 Å². The molecule has 11 heteroatoms. The summed E-state index contributed by atoms with van der Waals surface area (Å²) in [6, 6.07) is 16.3. The van der Waals surface area contributed by atoms with Crippen LogP contribution in [0.5, 0.6) is 0 Å². The minimum atomic E-state index is -6.12. The molecule has 146 valence electrons. The van der Waals surface area contributed by atoms with E-state index in [0.717, 1.165) is 0 Å². The summed E-state index contributed by atoms with van der Waals surface area (Å²) in [5, 5.41) is 0. The maximum Gasteiger partial charge on any atom is 0.523 e. The molecule has 1 unspecified atom stereocenters. The summed E-state index contributed by atoms with van der Waals surface area (Å²) in [6.45, 7) is -0.781. The smallest absolute Gasteiger partial charge is 0.280 e. The Hall–Kier alpha value is -1.84. The fourth-order valence-electron chi connectivity index (χ4n) is 1.86. The van der Waals surface area contributed by atoms with Gasteiger partial charge in [0.05, 0.1) is 13.2 Å². The molecule has 0 aromatic heterocycles. The van der Waals surface area contributed by atoms with E-state index in [1.165, 1.54) is 0 Å². The van der Waals surface area contributed by atoms with Crippen LogP contribution in [0.1, 0.15) is 11.1 Å². The molecule has 0 amide bonds. The number of halogens is 3. The maximum atomic E-state index is 12.7. The van der Waals surface area contributed by atoms with E-state index in [9.17, 15) is 26.2 Å². The van der Waals surface area contributed by atoms with Crippen molar-refractivity contribution in [1.82, 2.24) is 0 Å². The quantitative estimate of drug-likeness (QED) is 0.263. The van der Waals surface area contributed by atoms with Crippen LogP contribution in [0.4, 0.5) is 13.2 Å². The van der Waals surface area contributed by atoms with Crippen molar-refractivity contribution in [2.45, 2.75) is 24.4 Å². The van der Waals surface area contributed by atoms with E-state index in [-0.39, 0.29) is 0 Å². The highest BCUT2D eigenvalue weighted by Gasteiger charge is 2.58. The van der Waals surface area contributed by atoms with Crippen LogP contribution in [0.2, 0.25) is 0 Å². The van der Waals surface area contributed by atoms with Gasteiger partial charge in [-0.25, -0.2) is 0 Å². The van der Waals surface area contributed by atoms with Gasteiger partial charge in [-0.2, -0.15) is 25.8 Å². The highest BCUT2D eigenvalue weighted by molar-refractivity contribution is 7.87. The monoisotopic (exact) mass is 423 g/mol. The molecule has 0 N–H and O–H groups in total. The topological polar surface area (TPSA) is 78.9 Å². The van der Waals surface area contributed by atoms with Crippen molar-refractivity contribution in [1.29, 1.82) is 0 Å². The normalized spacial score (nSPS) is 13.0. The average molecular weight is 423 g/mol. The fourth-order valence-corrected chi connectivity index (χ4v) is 3.07. The number of alkyl halides is 3. The average Bonchev–Trinajstić information content (AvgIpc) is 2.65. The van der Waals surface area contributed by atoms with Gasteiger partial charge in [-0.15, -0.1) is 0 Å². The Labute approximate surface area is 155 Å². The molecule has 0 spiro atoms. The molecule has 0 radical (unpaired) electrons. The van der Waals surface area contributed by atoms with E-state index in [1.807, 2.05) is 0 Å². The minimum absolute atomic E-state index is 0.391. The van der Waals surface area contributed by atoms with E-state index in [0.29, 0.717) is 11.1 Å². The van der Waals surface area contributed by atoms with Gasteiger partial charge in [0.1, 0.15) is 0 Å². The SMILES string of the molecule is O=[PH+]C(OCc1ccccc1)(OCc1ccccc1)OS(=O)(=O)C(F)(F)F. The Kier molecular flexibility index (Phi) is 7.07. The second-order valence-corrected chi connectivity index (χ2v) is 7.54. The van der Waals surface area contributed by atoms with Crippen molar-refractivity contribution < 1.29 is 39.8 Å². The van der Waals surface area contributed by atoms with Gasteiger partial charge in [-0.05, 0) is 11.1 Å². The van der Waals surface area contributed by atoms with Gasteiger partial charge in [0.25, 0.3) is 0 Å². The van der Waals surface area contributed by atoms with Crippen molar-refractivity contribution >= 4 is 18.6 Å². The lowest BCUT2D eigenvalue weighted by molar-refractivity contribution is -0.294. The van der Waals surface area contributed by atoms with Gasteiger partial charge in [-0.1, -0.05) is 65.2 Å². The lowest BCUT2D eigenvalue weighted by atomic mass is 10.2. The molecule has 1 atom stereocenters. The highest BCUT2D eigenvalue weighted by atomic mass is 32.2. The maximum absolute atomic E-state index is 12.7. The third kappa shape index (κ3) is 6.08. The summed E-state index contributed by atoms with van der Waals surface area (Å²) in [6.07, 6.45) is 0. The molecule has 27 heavy (non-hydrogen) atoms. The van der Waals surface area contributed by atoms with Crippen LogP contribution < -0.4 is 0 Å². The third-order valence-electron chi connectivity index (χ3n) is 3.17. The molecule has 0 aliphatic heterocycles. The molecule has 0 fully saturated rings. The summed E-state index contributed by atoms with van der Waals surface area (Å²) in [4.78, 5) is 0. The van der Waals surface area contributed by atoms with Gasteiger partial charge < -0.3 is 0 Å². The molecule has 2 aromatic rings. The first-order chi connectivity index (χ1) is 12.7. The Bertz CT molecular complexity index is 800. The fraction of sp³-hybridized carbons (Fsp3) is 0.250. The van der Waals surface area contributed by atoms with E-state index in [2.05, 4.69) is 4.18 Å². The molecule has 6 nitrogen and oxygen atoms in total. The zero-order chi connectivity index (χ0) is 20.0. The Balaban J connectivity index is 2.25. The molecule has 0 saturated carbocycles. The molecular weight excluding hydrogens is 408 g/mol. The largest absolute Gasteiger partial charge is 0.523 e. The molecule has 2 rings (SSSR count). The van der Waals surface area contributed by atoms with Crippen LogP contribution in [-0.2, 0) is 41.6 Å². The summed E-state index contributed by atoms with van der Waals surface area (Å²) in [5.74, 6) is 0. The van der Waals surface area contributed by atoms with Gasteiger partial charge >= 0.3 is 29.8 Å². The van der Waals surface area contributed by atoms with Gasteiger partial charge in [0, 0.05) is 0 Å². The van der Waals surface area contributed by atoms with Crippen LogP contribution >= 0.6 is 8.46 Å². The van der Waals surface area contributed by atoms with Crippen LogP contribution in [0.15, 0.2) is 60.7 Å². The first kappa shape index (κ1) is 21.5. The second-order valence-electron chi connectivity index (χ2n) is 5.19. The summed E-state index contributed by atoms with van der Waals surface area (Å²) < 4.78 is 86.8. The Morgan fingerprint density at radius 3 is 1.56 bits per heavy atom. The molecule has 0 heterocycles. The van der Waals surface area contributed by atoms with Crippen LogP contribution in [0, 0.1) is 0 Å². The van der Waals surface area contributed by atoms with Crippen molar-refractivity contribution in [3.8, 4) is 0 Å². The van der Waals surface area contributed by atoms with Crippen LogP contribution in [0.3, 0.4) is 0 Å². The molecule has 0 saturated heterocycles. The Morgan fingerprint density at radius 1 is 0.815 bits per heavy atom. The number of hydrogen-bond acceptors (Lipinski definition) is 6. The molecule has 2 aromatic carbocycles. The second kappa shape index (κ2) is 8.90. The predicted octanol–water partition coefficient (Wildman–Crippen LogP) is 3.92. The van der Waals surface area contributed by atoms with Crippen molar-refractivity contribution in [2.24, 2.45) is 0 Å².